The summed E-state index contributed by atoms with van der Waals surface area (Å²) in [6.45, 7) is 1.86. The van der Waals surface area contributed by atoms with Crippen LogP contribution in [-0.4, -0.2) is 6.54 Å². The van der Waals surface area contributed by atoms with Crippen molar-refractivity contribution in [3.05, 3.63) is 65.2 Å². The van der Waals surface area contributed by atoms with Gasteiger partial charge in [-0.05, 0) is 48.4 Å². The first kappa shape index (κ1) is 13.5. The van der Waals surface area contributed by atoms with Crippen LogP contribution in [0.1, 0.15) is 17.2 Å². The lowest BCUT2D eigenvalue weighted by molar-refractivity contribution is 0.213. The SMILES string of the molecule is Cc1cc(OC(CN)c2cccc(F)c2)ccc1F. The molecule has 0 fully saturated rings. The van der Waals surface area contributed by atoms with Gasteiger partial charge in [-0.2, -0.15) is 0 Å². The fourth-order valence-electron chi connectivity index (χ4n) is 1.81. The van der Waals surface area contributed by atoms with Gasteiger partial charge in [-0.1, -0.05) is 12.1 Å². The highest BCUT2D eigenvalue weighted by molar-refractivity contribution is 5.30. The molecule has 0 heterocycles. The van der Waals surface area contributed by atoms with Crippen molar-refractivity contribution in [2.24, 2.45) is 5.73 Å². The van der Waals surface area contributed by atoms with Gasteiger partial charge >= 0.3 is 0 Å². The van der Waals surface area contributed by atoms with Crippen molar-refractivity contribution in [3.8, 4) is 5.75 Å². The first-order chi connectivity index (χ1) is 9.10. The normalized spacial score (nSPS) is 12.2. The Morgan fingerprint density at radius 3 is 2.58 bits per heavy atom. The van der Waals surface area contributed by atoms with Gasteiger partial charge in [0.2, 0.25) is 0 Å². The predicted octanol–water partition coefficient (Wildman–Crippen LogP) is 3.35. The minimum Gasteiger partial charge on any atom is -0.484 e. The molecule has 0 aliphatic carbocycles. The first-order valence-corrected chi connectivity index (χ1v) is 5.98. The van der Waals surface area contributed by atoms with Crippen LogP contribution in [0, 0.1) is 18.6 Å². The van der Waals surface area contributed by atoms with E-state index in [1.165, 1.54) is 24.3 Å². The molecule has 0 spiro atoms. The molecule has 0 amide bonds. The first-order valence-electron chi connectivity index (χ1n) is 5.98. The molecule has 2 aromatic carbocycles. The second-order valence-electron chi connectivity index (χ2n) is 4.31. The van der Waals surface area contributed by atoms with Crippen molar-refractivity contribution in [1.29, 1.82) is 0 Å². The summed E-state index contributed by atoms with van der Waals surface area (Å²) >= 11 is 0. The van der Waals surface area contributed by atoms with Gasteiger partial charge in [-0.15, -0.1) is 0 Å². The average molecular weight is 263 g/mol. The number of halogens is 2. The van der Waals surface area contributed by atoms with E-state index in [2.05, 4.69) is 0 Å². The number of ether oxygens (including phenoxy) is 1. The van der Waals surface area contributed by atoms with E-state index in [1.54, 1.807) is 25.1 Å². The van der Waals surface area contributed by atoms with Crippen LogP contribution in [0.3, 0.4) is 0 Å². The zero-order valence-corrected chi connectivity index (χ0v) is 10.6. The molecule has 100 valence electrons. The Morgan fingerprint density at radius 1 is 1.16 bits per heavy atom. The van der Waals surface area contributed by atoms with Gasteiger partial charge in [-0.3, -0.25) is 0 Å². The fourth-order valence-corrected chi connectivity index (χ4v) is 1.81. The van der Waals surface area contributed by atoms with Crippen molar-refractivity contribution < 1.29 is 13.5 Å². The Hall–Kier alpha value is -1.94. The lowest BCUT2D eigenvalue weighted by atomic mass is 10.1. The van der Waals surface area contributed by atoms with Crippen LogP contribution >= 0.6 is 0 Å². The third kappa shape index (κ3) is 3.29. The third-order valence-electron chi connectivity index (χ3n) is 2.84. The summed E-state index contributed by atoms with van der Waals surface area (Å²) in [5.74, 6) is -0.115. The molecule has 0 aliphatic heterocycles. The molecule has 2 aromatic rings. The standard InChI is InChI=1S/C15H15F2NO/c1-10-7-13(5-6-14(10)17)19-15(9-18)11-3-2-4-12(16)8-11/h2-8,15H,9,18H2,1H3. The highest BCUT2D eigenvalue weighted by atomic mass is 19.1. The van der Waals surface area contributed by atoms with Crippen LogP contribution in [0.2, 0.25) is 0 Å². The molecule has 2 nitrogen and oxygen atoms in total. The highest BCUT2D eigenvalue weighted by Gasteiger charge is 2.12. The van der Waals surface area contributed by atoms with E-state index in [-0.39, 0.29) is 18.2 Å². The Labute approximate surface area is 110 Å². The molecule has 0 radical (unpaired) electrons. The van der Waals surface area contributed by atoms with Crippen LogP contribution in [0.5, 0.6) is 5.75 Å². The number of aryl methyl sites for hydroxylation is 1. The maximum atomic E-state index is 13.2. The smallest absolute Gasteiger partial charge is 0.136 e. The quantitative estimate of drug-likeness (QED) is 0.918. The fraction of sp³-hybridized carbons (Fsp3) is 0.200. The van der Waals surface area contributed by atoms with E-state index in [0.717, 1.165) is 0 Å². The maximum Gasteiger partial charge on any atom is 0.136 e. The number of benzene rings is 2. The average Bonchev–Trinajstić information content (AvgIpc) is 2.40. The van der Waals surface area contributed by atoms with Crippen LogP contribution in [0.15, 0.2) is 42.5 Å². The van der Waals surface area contributed by atoms with Crippen LogP contribution in [-0.2, 0) is 0 Å². The highest BCUT2D eigenvalue weighted by Crippen LogP contribution is 2.23. The van der Waals surface area contributed by atoms with Gasteiger partial charge in [0.25, 0.3) is 0 Å². The van der Waals surface area contributed by atoms with Gasteiger partial charge in [-0.25, -0.2) is 8.78 Å². The minimum absolute atomic E-state index is 0.208. The van der Waals surface area contributed by atoms with E-state index in [4.69, 9.17) is 10.5 Å². The van der Waals surface area contributed by atoms with E-state index >= 15 is 0 Å². The van der Waals surface area contributed by atoms with Crippen LogP contribution in [0.4, 0.5) is 8.78 Å². The van der Waals surface area contributed by atoms with E-state index in [0.29, 0.717) is 16.9 Å². The molecule has 0 saturated carbocycles. The largest absolute Gasteiger partial charge is 0.484 e. The lowest BCUT2D eigenvalue weighted by Crippen LogP contribution is -2.18. The third-order valence-corrected chi connectivity index (χ3v) is 2.84. The molecule has 0 saturated heterocycles. The van der Waals surface area contributed by atoms with Crippen LogP contribution < -0.4 is 10.5 Å². The molecule has 2 N–H and O–H groups in total. The molecule has 19 heavy (non-hydrogen) atoms. The summed E-state index contributed by atoms with van der Waals surface area (Å²) in [5, 5.41) is 0. The van der Waals surface area contributed by atoms with Crippen molar-refractivity contribution in [3.63, 3.8) is 0 Å². The molecule has 0 bridgehead atoms. The number of hydrogen-bond donors (Lipinski definition) is 1. The minimum atomic E-state index is -0.458. The summed E-state index contributed by atoms with van der Waals surface area (Å²) in [4.78, 5) is 0. The second-order valence-corrected chi connectivity index (χ2v) is 4.31. The molecule has 2 rings (SSSR count). The van der Waals surface area contributed by atoms with E-state index < -0.39 is 6.10 Å². The van der Waals surface area contributed by atoms with Crippen molar-refractivity contribution in [2.75, 3.05) is 6.54 Å². The van der Waals surface area contributed by atoms with Crippen LogP contribution in [0.25, 0.3) is 0 Å². The lowest BCUT2D eigenvalue weighted by Gasteiger charge is -2.18. The molecule has 1 unspecified atom stereocenters. The number of hydrogen-bond acceptors (Lipinski definition) is 2. The van der Waals surface area contributed by atoms with Crippen molar-refractivity contribution in [2.45, 2.75) is 13.0 Å². The number of nitrogens with two attached hydrogens (primary N) is 1. The van der Waals surface area contributed by atoms with Gasteiger partial charge < -0.3 is 10.5 Å². The maximum absolute atomic E-state index is 13.2. The summed E-state index contributed by atoms with van der Waals surface area (Å²) in [7, 11) is 0. The van der Waals surface area contributed by atoms with Gasteiger partial charge in [0, 0.05) is 6.54 Å². The molecule has 1 atom stereocenters. The molecule has 0 aromatic heterocycles. The van der Waals surface area contributed by atoms with E-state index in [9.17, 15) is 8.78 Å². The Kier molecular flexibility index (Phi) is 4.12. The van der Waals surface area contributed by atoms with Crippen molar-refractivity contribution >= 4 is 0 Å². The monoisotopic (exact) mass is 263 g/mol. The predicted molar refractivity (Wildman–Crippen MR) is 70.0 cm³/mol. The Balaban J connectivity index is 2.21. The molecule has 0 aliphatic rings. The summed E-state index contributed by atoms with van der Waals surface area (Å²) in [6, 6.07) is 10.6. The summed E-state index contributed by atoms with van der Waals surface area (Å²) in [5.41, 5.74) is 6.80. The summed E-state index contributed by atoms with van der Waals surface area (Å²) in [6.07, 6.45) is -0.458. The molecular weight excluding hydrogens is 248 g/mol. The van der Waals surface area contributed by atoms with E-state index in [1.807, 2.05) is 0 Å². The summed E-state index contributed by atoms with van der Waals surface area (Å²) < 4.78 is 32.0. The van der Waals surface area contributed by atoms with Crippen molar-refractivity contribution in [1.82, 2.24) is 0 Å². The zero-order chi connectivity index (χ0) is 13.8. The topological polar surface area (TPSA) is 35.2 Å². The Morgan fingerprint density at radius 2 is 1.95 bits per heavy atom. The molecule has 4 heteroatoms. The molecular formula is C15H15F2NO. The van der Waals surface area contributed by atoms with Gasteiger partial charge in [0.1, 0.15) is 23.5 Å². The Bertz CT molecular complexity index is 572. The number of rotatable bonds is 4. The zero-order valence-electron chi connectivity index (χ0n) is 10.6. The van der Waals surface area contributed by atoms with Gasteiger partial charge in [0.05, 0.1) is 0 Å². The van der Waals surface area contributed by atoms with Gasteiger partial charge in [0.15, 0.2) is 0 Å². The second kappa shape index (κ2) is 5.80.